The fourth-order valence-corrected chi connectivity index (χ4v) is 6.23. The second kappa shape index (κ2) is 9.88. The van der Waals surface area contributed by atoms with E-state index in [1.165, 1.54) is 11.3 Å². The number of aromatic nitrogens is 1. The Kier molecular flexibility index (Phi) is 7.23. The van der Waals surface area contributed by atoms with Crippen LogP contribution < -0.4 is 5.32 Å². The number of piperidine rings is 1. The molecule has 0 aliphatic carbocycles. The fourth-order valence-electron chi connectivity index (χ4n) is 3.79. The number of benzene rings is 2. The second-order valence-electron chi connectivity index (χ2n) is 8.21. The van der Waals surface area contributed by atoms with Gasteiger partial charge in [-0.1, -0.05) is 41.4 Å². The molecule has 1 N–H and O–H groups in total. The standard InChI is InChI=1S/C23H21ClF3N3O3S2/c1-14-2-4-15(5-3-14)20-13-34-22(28-20)29-21(31)16-8-10-30(11-9-16)35(32,33)17-6-7-19(24)18(12-17)23(25,26)27/h2-7,12-13,16H,8-11H2,1H3,(H,28,29,31). The average molecular weight is 544 g/mol. The molecule has 1 fully saturated rings. The summed E-state index contributed by atoms with van der Waals surface area (Å²) in [6.45, 7) is 2.01. The molecule has 0 atom stereocenters. The van der Waals surface area contributed by atoms with E-state index in [4.69, 9.17) is 11.6 Å². The molecule has 0 bridgehead atoms. The Balaban J connectivity index is 1.39. The van der Waals surface area contributed by atoms with Crippen molar-refractivity contribution in [3.8, 4) is 11.3 Å². The zero-order valence-corrected chi connectivity index (χ0v) is 20.9. The molecule has 1 aliphatic heterocycles. The van der Waals surface area contributed by atoms with Crippen LogP contribution in [0.5, 0.6) is 0 Å². The molecule has 12 heteroatoms. The van der Waals surface area contributed by atoms with Gasteiger partial charge in [-0.2, -0.15) is 17.5 Å². The molecule has 1 saturated heterocycles. The first-order valence-electron chi connectivity index (χ1n) is 10.7. The molecule has 0 radical (unpaired) electrons. The number of nitrogens with one attached hydrogen (secondary N) is 1. The van der Waals surface area contributed by atoms with Crippen LogP contribution in [0, 0.1) is 12.8 Å². The molecule has 35 heavy (non-hydrogen) atoms. The molecular weight excluding hydrogens is 523 g/mol. The van der Waals surface area contributed by atoms with Crippen molar-refractivity contribution in [2.75, 3.05) is 18.4 Å². The van der Waals surface area contributed by atoms with Gasteiger partial charge in [-0.3, -0.25) is 4.79 Å². The lowest BCUT2D eigenvalue weighted by atomic mass is 9.97. The quantitative estimate of drug-likeness (QED) is 0.439. The highest BCUT2D eigenvalue weighted by Crippen LogP contribution is 2.37. The fraction of sp³-hybridized carbons (Fsp3) is 0.304. The molecule has 1 amide bonds. The van der Waals surface area contributed by atoms with Crippen molar-refractivity contribution in [1.29, 1.82) is 0 Å². The van der Waals surface area contributed by atoms with Crippen LogP contribution in [0.1, 0.15) is 24.0 Å². The lowest BCUT2D eigenvalue weighted by molar-refractivity contribution is -0.137. The Hall–Kier alpha value is -2.47. The summed E-state index contributed by atoms with van der Waals surface area (Å²) in [5.74, 6) is -0.707. The summed E-state index contributed by atoms with van der Waals surface area (Å²) in [5.41, 5.74) is 1.60. The van der Waals surface area contributed by atoms with Crippen LogP contribution in [0.4, 0.5) is 18.3 Å². The Labute approximate surface area is 209 Å². The van der Waals surface area contributed by atoms with Crippen molar-refractivity contribution in [3.05, 3.63) is 64.0 Å². The molecule has 6 nitrogen and oxygen atoms in total. The Morgan fingerprint density at radius 3 is 2.43 bits per heavy atom. The maximum atomic E-state index is 13.2. The van der Waals surface area contributed by atoms with Gasteiger partial charge in [0.1, 0.15) is 0 Å². The van der Waals surface area contributed by atoms with Gasteiger partial charge in [0, 0.05) is 30.0 Å². The Morgan fingerprint density at radius 2 is 1.80 bits per heavy atom. The molecule has 2 aromatic carbocycles. The predicted octanol–water partition coefficient (Wildman–Crippen LogP) is 5.83. The number of carbonyl (C=O) groups excluding carboxylic acids is 1. The van der Waals surface area contributed by atoms with E-state index in [1.54, 1.807) is 0 Å². The van der Waals surface area contributed by atoms with E-state index in [1.807, 2.05) is 36.6 Å². The largest absolute Gasteiger partial charge is 0.417 e. The third-order valence-corrected chi connectivity index (χ3v) is 8.77. The minimum atomic E-state index is -4.77. The van der Waals surface area contributed by atoms with E-state index in [0.29, 0.717) is 11.2 Å². The van der Waals surface area contributed by atoms with Gasteiger partial charge in [0.2, 0.25) is 15.9 Å². The first kappa shape index (κ1) is 25.6. The zero-order valence-electron chi connectivity index (χ0n) is 18.5. The predicted molar refractivity (Wildman–Crippen MR) is 129 cm³/mol. The number of alkyl halides is 3. The number of aryl methyl sites for hydroxylation is 1. The highest BCUT2D eigenvalue weighted by Gasteiger charge is 2.37. The van der Waals surface area contributed by atoms with Crippen molar-refractivity contribution in [2.24, 2.45) is 5.92 Å². The smallest absolute Gasteiger partial charge is 0.302 e. The number of hydrogen-bond acceptors (Lipinski definition) is 5. The number of nitrogens with zero attached hydrogens (tertiary/aromatic N) is 2. The number of thiazole rings is 1. The van der Waals surface area contributed by atoms with Crippen LogP contribution in [-0.4, -0.2) is 36.7 Å². The summed E-state index contributed by atoms with van der Waals surface area (Å²) in [4.78, 5) is 16.7. The zero-order chi connectivity index (χ0) is 25.4. The molecule has 0 unspecified atom stereocenters. The number of rotatable bonds is 5. The van der Waals surface area contributed by atoms with Crippen LogP contribution in [0.3, 0.4) is 0 Å². The minimum absolute atomic E-state index is 0.0108. The Morgan fingerprint density at radius 1 is 1.14 bits per heavy atom. The normalized spacial score (nSPS) is 15.8. The van der Waals surface area contributed by atoms with E-state index in [9.17, 15) is 26.4 Å². The monoisotopic (exact) mass is 543 g/mol. The molecule has 1 aliphatic rings. The molecule has 186 valence electrons. The van der Waals surface area contributed by atoms with Crippen LogP contribution in [-0.2, 0) is 21.0 Å². The minimum Gasteiger partial charge on any atom is -0.302 e. The maximum absolute atomic E-state index is 13.2. The van der Waals surface area contributed by atoms with Crippen molar-refractivity contribution in [2.45, 2.75) is 30.8 Å². The summed E-state index contributed by atoms with van der Waals surface area (Å²) in [7, 11) is -4.17. The molecule has 3 aromatic rings. The average Bonchev–Trinajstić information content (AvgIpc) is 3.27. The molecule has 2 heterocycles. The van der Waals surface area contributed by atoms with E-state index >= 15 is 0 Å². The first-order chi connectivity index (χ1) is 16.4. The molecule has 1 aromatic heterocycles. The summed E-state index contributed by atoms with van der Waals surface area (Å²) < 4.78 is 66.4. The summed E-state index contributed by atoms with van der Waals surface area (Å²) in [6.07, 6.45) is -4.30. The second-order valence-corrected chi connectivity index (χ2v) is 11.4. The van der Waals surface area contributed by atoms with Gasteiger partial charge < -0.3 is 5.32 Å². The number of anilines is 1. The number of sulfonamides is 1. The summed E-state index contributed by atoms with van der Waals surface area (Å²) in [6, 6.07) is 10.4. The third-order valence-electron chi connectivity index (χ3n) is 5.79. The van der Waals surface area contributed by atoms with Gasteiger partial charge >= 0.3 is 6.18 Å². The molecule has 0 spiro atoms. The van der Waals surface area contributed by atoms with Crippen LogP contribution in [0.15, 0.2) is 52.7 Å². The van der Waals surface area contributed by atoms with Crippen LogP contribution >= 0.6 is 22.9 Å². The van der Waals surface area contributed by atoms with E-state index in [-0.39, 0.29) is 31.8 Å². The van der Waals surface area contributed by atoms with Crippen molar-refractivity contribution >= 4 is 44.0 Å². The van der Waals surface area contributed by atoms with Crippen molar-refractivity contribution in [3.63, 3.8) is 0 Å². The number of halogens is 4. The topological polar surface area (TPSA) is 79.4 Å². The highest BCUT2D eigenvalue weighted by molar-refractivity contribution is 7.89. The molecular formula is C23H21ClF3N3O3S2. The number of carbonyl (C=O) groups is 1. The van der Waals surface area contributed by atoms with E-state index < -0.39 is 37.6 Å². The lowest BCUT2D eigenvalue weighted by Crippen LogP contribution is -2.41. The van der Waals surface area contributed by atoms with E-state index in [2.05, 4.69) is 10.3 Å². The molecule has 0 saturated carbocycles. The van der Waals surface area contributed by atoms with Crippen LogP contribution in [0.25, 0.3) is 11.3 Å². The van der Waals surface area contributed by atoms with Gasteiger partial charge in [-0.25, -0.2) is 13.4 Å². The Bertz CT molecular complexity index is 1330. The van der Waals surface area contributed by atoms with Gasteiger partial charge in [0.15, 0.2) is 5.13 Å². The SMILES string of the molecule is Cc1ccc(-c2csc(NC(=O)C3CCN(S(=O)(=O)c4ccc(Cl)c(C(F)(F)F)c4)CC3)n2)cc1. The number of amides is 1. The lowest BCUT2D eigenvalue weighted by Gasteiger charge is -2.30. The number of hydrogen-bond donors (Lipinski definition) is 1. The highest BCUT2D eigenvalue weighted by atomic mass is 35.5. The van der Waals surface area contributed by atoms with Gasteiger partial charge in [-0.15, -0.1) is 11.3 Å². The van der Waals surface area contributed by atoms with Gasteiger partial charge in [0.05, 0.1) is 21.2 Å². The third kappa shape index (κ3) is 5.69. The van der Waals surface area contributed by atoms with E-state index in [0.717, 1.165) is 33.3 Å². The van der Waals surface area contributed by atoms with Crippen molar-refractivity contribution in [1.82, 2.24) is 9.29 Å². The maximum Gasteiger partial charge on any atom is 0.417 e. The van der Waals surface area contributed by atoms with Crippen molar-refractivity contribution < 1.29 is 26.4 Å². The van der Waals surface area contributed by atoms with Crippen LogP contribution in [0.2, 0.25) is 5.02 Å². The van der Waals surface area contributed by atoms with Gasteiger partial charge in [-0.05, 0) is 38.0 Å². The first-order valence-corrected chi connectivity index (χ1v) is 13.4. The summed E-state index contributed by atoms with van der Waals surface area (Å²) in [5, 5.41) is 4.51. The van der Waals surface area contributed by atoms with Gasteiger partial charge in [0.25, 0.3) is 0 Å². The molecule has 4 rings (SSSR count). The summed E-state index contributed by atoms with van der Waals surface area (Å²) >= 11 is 6.90.